The van der Waals surface area contributed by atoms with E-state index >= 15 is 0 Å². The minimum absolute atomic E-state index is 0.0280. The predicted octanol–water partition coefficient (Wildman–Crippen LogP) is 2.02. The molecule has 1 aromatic heterocycles. The maximum atomic E-state index is 12.1. The van der Waals surface area contributed by atoms with Crippen LogP contribution in [0.15, 0.2) is 5.16 Å². The largest absolute Gasteiger partial charge is 0.376 e. The Labute approximate surface area is 176 Å². The van der Waals surface area contributed by atoms with Crippen LogP contribution in [0.25, 0.3) is 0 Å². The number of nitrogens with one attached hydrogen (secondary N) is 2. The average Bonchev–Trinajstić information content (AvgIpc) is 3.30. The number of carbonyl (C=O) groups is 2. The van der Waals surface area contributed by atoms with Gasteiger partial charge in [0.25, 0.3) is 0 Å². The lowest BCUT2D eigenvalue weighted by molar-refractivity contribution is -0.117. The van der Waals surface area contributed by atoms with E-state index in [1.54, 1.807) is 0 Å². The maximum Gasteiger partial charge on any atom is 0.321 e. The summed E-state index contributed by atoms with van der Waals surface area (Å²) in [6, 6.07) is -0.505. The first-order valence-corrected chi connectivity index (χ1v) is 11.4. The first-order chi connectivity index (χ1) is 13.9. The summed E-state index contributed by atoms with van der Waals surface area (Å²) in [6.07, 6.45) is 4.53. The Kier molecular flexibility index (Phi) is 7.77. The number of hydrogen-bond donors (Lipinski definition) is 2. The molecule has 1 unspecified atom stereocenters. The van der Waals surface area contributed by atoms with E-state index in [2.05, 4.69) is 37.2 Å². The first-order valence-electron chi connectivity index (χ1n) is 10.4. The third-order valence-corrected chi connectivity index (χ3v) is 6.15. The van der Waals surface area contributed by atoms with Gasteiger partial charge in [-0.3, -0.25) is 14.7 Å². The van der Waals surface area contributed by atoms with Gasteiger partial charge >= 0.3 is 6.03 Å². The molecule has 162 valence electrons. The number of thioether (sulfide) groups is 1. The van der Waals surface area contributed by atoms with Crippen LogP contribution in [-0.2, 0) is 16.1 Å². The molecule has 3 rings (SSSR count). The topological polar surface area (TPSA) is 101 Å². The lowest BCUT2D eigenvalue weighted by Crippen LogP contribution is -2.43. The molecule has 3 heterocycles. The van der Waals surface area contributed by atoms with Gasteiger partial charge in [-0.15, -0.1) is 10.2 Å². The van der Waals surface area contributed by atoms with Crippen LogP contribution in [0.2, 0.25) is 0 Å². The van der Waals surface area contributed by atoms with Crippen LogP contribution in [0.1, 0.15) is 46.5 Å². The van der Waals surface area contributed by atoms with E-state index in [-0.39, 0.29) is 23.8 Å². The average molecular weight is 425 g/mol. The molecular formula is C19H32N6O3S. The van der Waals surface area contributed by atoms with E-state index in [4.69, 9.17) is 4.74 Å². The van der Waals surface area contributed by atoms with E-state index < -0.39 is 6.03 Å². The molecule has 2 aliphatic rings. The zero-order chi connectivity index (χ0) is 20.8. The number of ether oxygens (including phenoxy) is 1. The molecule has 3 amide bonds. The molecule has 2 saturated heterocycles. The van der Waals surface area contributed by atoms with E-state index in [1.165, 1.54) is 11.8 Å². The third kappa shape index (κ3) is 6.33. The van der Waals surface area contributed by atoms with E-state index in [0.717, 1.165) is 57.2 Å². The highest BCUT2D eigenvalue weighted by molar-refractivity contribution is 7.99. The number of rotatable bonds is 7. The lowest BCUT2D eigenvalue weighted by Gasteiger charge is -2.31. The molecule has 0 aromatic carbocycles. The van der Waals surface area contributed by atoms with Crippen molar-refractivity contribution in [1.82, 2.24) is 25.4 Å². The smallest absolute Gasteiger partial charge is 0.321 e. The third-order valence-electron chi connectivity index (χ3n) is 5.18. The number of amides is 3. The van der Waals surface area contributed by atoms with Crippen LogP contribution in [0.5, 0.6) is 0 Å². The number of anilines is 1. The number of urea groups is 1. The lowest BCUT2D eigenvalue weighted by atomic mass is 10.00. The van der Waals surface area contributed by atoms with Gasteiger partial charge < -0.3 is 15.0 Å². The zero-order valence-electron chi connectivity index (χ0n) is 17.5. The molecule has 0 spiro atoms. The Balaban J connectivity index is 1.65. The molecule has 0 radical (unpaired) electrons. The Morgan fingerprint density at radius 2 is 2.00 bits per heavy atom. The summed E-state index contributed by atoms with van der Waals surface area (Å²) in [4.78, 5) is 26.1. The minimum Gasteiger partial charge on any atom is -0.376 e. The standard InChI is InChI=1S/C19H32N6O3S/c1-13(2)20-17(27)21-16(26)12-29-19-23-22-18(24-8-6-14(3)7-9-24)25(19)11-15-5-4-10-28-15/h13-15H,4-12H2,1-3H3,(H2,20,21,26,27). The highest BCUT2D eigenvalue weighted by Crippen LogP contribution is 2.27. The number of hydrogen-bond acceptors (Lipinski definition) is 7. The molecule has 9 nitrogen and oxygen atoms in total. The maximum absolute atomic E-state index is 12.1. The first kappa shape index (κ1) is 21.9. The number of piperidine rings is 1. The van der Waals surface area contributed by atoms with Crippen LogP contribution < -0.4 is 15.5 Å². The fraction of sp³-hybridized carbons (Fsp3) is 0.789. The number of aromatic nitrogens is 3. The van der Waals surface area contributed by atoms with Crippen LogP contribution in [0, 0.1) is 5.92 Å². The molecule has 10 heteroatoms. The van der Waals surface area contributed by atoms with Crippen molar-refractivity contribution in [3.63, 3.8) is 0 Å². The number of imide groups is 1. The summed E-state index contributed by atoms with van der Waals surface area (Å²) in [5.41, 5.74) is 0. The van der Waals surface area contributed by atoms with Crippen LogP contribution in [0.3, 0.4) is 0 Å². The molecule has 2 aliphatic heterocycles. The summed E-state index contributed by atoms with van der Waals surface area (Å²) in [5, 5.41) is 14.5. The van der Waals surface area contributed by atoms with E-state index in [9.17, 15) is 9.59 Å². The fourth-order valence-corrected chi connectivity index (χ4v) is 4.32. The molecule has 0 saturated carbocycles. The van der Waals surface area contributed by atoms with Gasteiger partial charge in [0.1, 0.15) is 0 Å². The van der Waals surface area contributed by atoms with E-state index in [0.29, 0.717) is 11.7 Å². The second kappa shape index (κ2) is 10.3. The molecule has 2 fully saturated rings. The van der Waals surface area contributed by atoms with Crippen LogP contribution >= 0.6 is 11.8 Å². The number of nitrogens with zero attached hydrogens (tertiary/aromatic N) is 4. The van der Waals surface area contributed by atoms with Gasteiger partial charge in [-0.25, -0.2) is 4.79 Å². The van der Waals surface area contributed by atoms with Crippen molar-refractivity contribution in [2.75, 3.05) is 30.3 Å². The Hall–Kier alpha value is -1.81. The molecule has 1 aromatic rings. The van der Waals surface area contributed by atoms with Crippen LogP contribution in [-0.4, -0.2) is 64.3 Å². The fourth-order valence-electron chi connectivity index (χ4n) is 3.57. The second-order valence-electron chi connectivity index (χ2n) is 8.16. The minimum atomic E-state index is -0.477. The highest BCUT2D eigenvalue weighted by Gasteiger charge is 2.26. The summed E-state index contributed by atoms with van der Waals surface area (Å²) < 4.78 is 7.90. The molecular weight excluding hydrogens is 392 g/mol. The SMILES string of the molecule is CC1CCN(c2nnc(SCC(=O)NC(=O)NC(C)C)n2CC2CCCO2)CC1. The second-order valence-corrected chi connectivity index (χ2v) is 9.11. The molecule has 2 N–H and O–H groups in total. The van der Waals surface area contributed by atoms with Gasteiger partial charge in [0.15, 0.2) is 5.16 Å². The van der Waals surface area contributed by atoms with Gasteiger partial charge in [0.2, 0.25) is 11.9 Å². The zero-order valence-corrected chi connectivity index (χ0v) is 18.3. The summed E-state index contributed by atoms with van der Waals surface area (Å²) in [5.74, 6) is 1.34. The van der Waals surface area contributed by atoms with Gasteiger partial charge in [0, 0.05) is 25.7 Å². The van der Waals surface area contributed by atoms with Crippen molar-refractivity contribution in [1.29, 1.82) is 0 Å². The van der Waals surface area contributed by atoms with Crippen LogP contribution in [0.4, 0.5) is 10.7 Å². The van der Waals surface area contributed by atoms with E-state index in [1.807, 2.05) is 13.8 Å². The van der Waals surface area contributed by atoms with Gasteiger partial charge in [-0.2, -0.15) is 0 Å². The number of carbonyl (C=O) groups excluding carboxylic acids is 2. The molecule has 0 aliphatic carbocycles. The van der Waals surface area contributed by atoms with Crippen molar-refractivity contribution >= 4 is 29.6 Å². The van der Waals surface area contributed by atoms with Crippen molar-refractivity contribution in [2.45, 2.75) is 70.3 Å². The molecule has 0 bridgehead atoms. The Morgan fingerprint density at radius 1 is 1.24 bits per heavy atom. The van der Waals surface area contributed by atoms with Gasteiger partial charge in [-0.05, 0) is 45.4 Å². The van der Waals surface area contributed by atoms with Crippen molar-refractivity contribution < 1.29 is 14.3 Å². The quantitative estimate of drug-likeness (QED) is 0.646. The van der Waals surface area contributed by atoms with Crippen molar-refractivity contribution in [3.8, 4) is 0 Å². The van der Waals surface area contributed by atoms with Gasteiger partial charge in [-0.1, -0.05) is 18.7 Å². The monoisotopic (exact) mass is 424 g/mol. The Bertz CT molecular complexity index is 696. The van der Waals surface area contributed by atoms with Gasteiger partial charge in [0.05, 0.1) is 18.4 Å². The molecule has 1 atom stereocenters. The van der Waals surface area contributed by atoms with Crippen molar-refractivity contribution in [3.05, 3.63) is 0 Å². The molecule has 29 heavy (non-hydrogen) atoms. The predicted molar refractivity (Wildman–Crippen MR) is 112 cm³/mol. The Morgan fingerprint density at radius 3 is 2.66 bits per heavy atom. The summed E-state index contributed by atoms with van der Waals surface area (Å²) in [6.45, 7) is 9.37. The van der Waals surface area contributed by atoms with Crippen molar-refractivity contribution in [2.24, 2.45) is 5.92 Å². The summed E-state index contributed by atoms with van der Waals surface area (Å²) in [7, 11) is 0. The summed E-state index contributed by atoms with van der Waals surface area (Å²) >= 11 is 1.30. The highest BCUT2D eigenvalue weighted by atomic mass is 32.2. The normalized spacial score (nSPS) is 20.3.